The van der Waals surface area contributed by atoms with Crippen molar-refractivity contribution < 1.29 is 19.5 Å². The number of halogens is 2. The van der Waals surface area contributed by atoms with Gasteiger partial charge in [0.25, 0.3) is 0 Å². The molecule has 2 aliphatic heterocycles. The third kappa shape index (κ3) is 4.75. The molecule has 4 aromatic carbocycles. The fraction of sp³-hybridized carbons (Fsp3) is 0.357. The molecule has 1 fully saturated rings. The number of ketones is 1. The minimum Gasteiger partial charge on any atom is -0.384 e. The Morgan fingerprint density at radius 2 is 1.24 bits per heavy atom. The minimum absolute atomic E-state index is 0.209. The quantitative estimate of drug-likeness (QED) is 0.176. The van der Waals surface area contributed by atoms with Crippen molar-refractivity contribution in [1.29, 1.82) is 0 Å². The van der Waals surface area contributed by atoms with Crippen molar-refractivity contribution in [2.45, 2.75) is 76.2 Å². The van der Waals surface area contributed by atoms with Crippen molar-refractivity contribution in [2.24, 2.45) is 5.92 Å². The van der Waals surface area contributed by atoms with Gasteiger partial charge in [0.1, 0.15) is 11.0 Å². The number of aryl methyl sites for hydroxylation is 2. The van der Waals surface area contributed by atoms with Crippen molar-refractivity contribution in [2.75, 3.05) is 22.9 Å². The van der Waals surface area contributed by atoms with Gasteiger partial charge in [-0.1, -0.05) is 110 Å². The lowest BCUT2D eigenvalue weighted by Crippen LogP contribution is -2.59. The normalized spacial score (nSPS) is 25.2. The summed E-state index contributed by atoms with van der Waals surface area (Å²) < 4.78 is 0. The Hall–Kier alpha value is -3.97. The molecule has 3 aliphatic rings. The number of rotatable bonds is 9. The Kier molecular flexibility index (Phi) is 8.73. The van der Waals surface area contributed by atoms with Crippen LogP contribution in [0.3, 0.4) is 0 Å². The first-order chi connectivity index (χ1) is 23.9. The Labute approximate surface area is 304 Å². The standard InChI is InChI=1S/C42H42Cl2N2O4/c1-5-7-21-45-34-19-17-30(43)23-32(34)40(38(45)48)25-41(50,29-15-11-27(4)12-16-29)42(37(40)36(47)28-13-9-26(3)10-14-28)33-24-31(44)18-20-35(33)46(39(42)49)22-8-6-2/h9-20,23-24,37,50H,5-8,21-22,25H2,1-4H3/t37-,40-,41+,42+/m0/s1. The van der Waals surface area contributed by atoms with E-state index in [1.165, 1.54) is 0 Å². The molecular weight excluding hydrogens is 667 g/mol. The van der Waals surface area contributed by atoms with Gasteiger partial charge in [0.05, 0.1) is 11.3 Å². The number of aliphatic hydroxyl groups is 1. The second kappa shape index (κ2) is 12.7. The Bertz CT molecular complexity index is 2010. The number of Topliss-reactive ketones (excluding diaryl/α,β-unsaturated/α-hetero) is 1. The summed E-state index contributed by atoms with van der Waals surface area (Å²) >= 11 is 13.5. The Balaban J connectivity index is 1.64. The summed E-state index contributed by atoms with van der Waals surface area (Å²) in [6.07, 6.45) is 2.90. The van der Waals surface area contributed by atoms with Crippen molar-refractivity contribution >= 4 is 52.2 Å². The first kappa shape index (κ1) is 34.5. The number of unbranched alkanes of at least 4 members (excludes halogenated alkanes) is 2. The number of anilines is 2. The highest BCUT2D eigenvalue weighted by molar-refractivity contribution is 6.32. The predicted octanol–water partition coefficient (Wildman–Crippen LogP) is 8.87. The van der Waals surface area contributed by atoms with Crippen molar-refractivity contribution in [3.8, 4) is 0 Å². The summed E-state index contributed by atoms with van der Waals surface area (Å²) in [7, 11) is 0. The number of benzene rings is 4. The van der Waals surface area contributed by atoms with Gasteiger partial charge < -0.3 is 14.9 Å². The summed E-state index contributed by atoms with van der Waals surface area (Å²) in [4.78, 5) is 50.4. The average molecular weight is 710 g/mol. The lowest BCUT2D eigenvalue weighted by molar-refractivity contribution is -0.135. The molecule has 0 bridgehead atoms. The van der Waals surface area contributed by atoms with Gasteiger partial charge in [0.2, 0.25) is 11.8 Å². The highest BCUT2D eigenvalue weighted by Gasteiger charge is 2.82. The van der Waals surface area contributed by atoms with Crippen LogP contribution in [0.4, 0.5) is 11.4 Å². The van der Waals surface area contributed by atoms with E-state index in [1.54, 1.807) is 46.2 Å². The van der Waals surface area contributed by atoms with Gasteiger partial charge in [-0.05, 0) is 79.8 Å². The van der Waals surface area contributed by atoms with Gasteiger partial charge in [-0.2, -0.15) is 0 Å². The lowest BCUT2D eigenvalue weighted by Gasteiger charge is -2.42. The Morgan fingerprint density at radius 3 is 1.80 bits per heavy atom. The molecule has 0 aromatic heterocycles. The van der Waals surface area contributed by atoms with Crippen molar-refractivity contribution in [1.82, 2.24) is 0 Å². The van der Waals surface area contributed by atoms with E-state index < -0.39 is 28.3 Å². The van der Waals surface area contributed by atoms with Crippen LogP contribution in [0, 0.1) is 19.8 Å². The highest BCUT2D eigenvalue weighted by Crippen LogP contribution is 2.72. The Morgan fingerprint density at radius 1 is 0.740 bits per heavy atom. The molecule has 0 radical (unpaired) electrons. The average Bonchev–Trinajstić information content (AvgIpc) is 3.59. The zero-order valence-electron chi connectivity index (χ0n) is 28.9. The van der Waals surface area contributed by atoms with Gasteiger partial charge in [-0.15, -0.1) is 0 Å². The summed E-state index contributed by atoms with van der Waals surface area (Å²) in [5.41, 5.74) is -0.568. The second-order valence-electron chi connectivity index (χ2n) is 14.3. The molecule has 258 valence electrons. The van der Waals surface area contributed by atoms with Crippen LogP contribution in [0.1, 0.15) is 84.1 Å². The summed E-state index contributed by atoms with van der Waals surface area (Å²) in [6.45, 7) is 8.82. The zero-order chi connectivity index (χ0) is 35.6. The third-order valence-corrected chi connectivity index (χ3v) is 11.8. The maximum Gasteiger partial charge on any atom is 0.241 e. The van der Waals surface area contributed by atoms with Crippen LogP contribution < -0.4 is 9.80 Å². The van der Waals surface area contributed by atoms with Gasteiger partial charge in [-0.3, -0.25) is 14.4 Å². The second-order valence-corrected chi connectivity index (χ2v) is 15.2. The van der Waals surface area contributed by atoms with Gasteiger partial charge in [0.15, 0.2) is 5.78 Å². The van der Waals surface area contributed by atoms with Crippen LogP contribution >= 0.6 is 23.2 Å². The number of amides is 2. The molecule has 50 heavy (non-hydrogen) atoms. The number of nitrogens with zero attached hydrogens (tertiary/aromatic N) is 2. The highest BCUT2D eigenvalue weighted by atomic mass is 35.5. The van der Waals surface area contributed by atoms with Gasteiger partial charge in [-0.25, -0.2) is 0 Å². The van der Waals surface area contributed by atoms with Crippen LogP contribution in [0.2, 0.25) is 10.0 Å². The molecule has 1 aliphatic carbocycles. The molecule has 8 heteroatoms. The zero-order valence-corrected chi connectivity index (χ0v) is 30.4. The number of fused-ring (bicyclic) bond motifs is 4. The minimum atomic E-state index is -2.01. The molecule has 4 aromatic rings. The van der Waals surface area contributed by atoms with E-state index in [4.69, 9.17) is 23.2 Å². The maximum atomic E-state index is 15.8. The fourth-order valence-electron chi connectivity index (χ4n) is 8.99. The van der Waals surface area contributed by atoms with Crippen molar-refractivity contribution in [3.05, 3.63) is 128 Å². The van der Waals surface area contributed by atoms with Crippen LogP contribution in [-0.2, 0) is 26.0 Å². The molecule has 1 saturated carbocycles. The van der Waals surface area contributed by atoms with Crippen LogP contribution in [0.15, 0.2) is 84.9 Å². The largest absolute Gasteiger partial charge is 0.384 e. The molecular formula is C42H42Cl2N2O4. The van der Waals surface area contributed by atoms with E-state index in [2.05, 4.69) is 13.8 Å². The summed E-state index contributed by atoms with van der Waals surface area (Å²) in [5.74, 6) is -2.45. The summed E-state index contributed by atoms with van der Waals surface area (Å²) in [6, 6.07) is 25.3. The van der Waals surface area contributed by atoms with Crippen LogP contribution in [0.25, 0.3) is 0 Å². The van der Waals surface area contributed by atoms with E-state index in [0.29, 0.717) is 63.2 Å². The monoisotopic (exact) mass is 708 g/mol. The fourth-order valence-corrected chi connectivity index (χ4v) is 9.33. The maximum absolute atomic E-state index is 15.8. The van der Waals surface area contributed by atoms with E-state index in [1.807, 2.05) is 62.4 Å². The van der Waals surface area contributed by atoms with Crippen LogP contribution in [-0.4, -0.2) is 35.8 Å². The van der Waals surface area contributed by atoms with Crippen LogP contribution in [0.5, 0.6) is 0 Å². The molecule has 4 atom stereocenters. The van der Waals surface area contributed by atoms with E-state index in [0.717, 1.165) is 30.4 Å². The molecule has 2 heterocycles. The van der Waals surface area contributed by atoms with Gasteiger partial charge in [0, 0.05) is 46.5 Å². The first-order valence-electron chi connectivity index (χ1n) is 17.6. The van der Waals surface area contributed by atoms with E-state index >= 15 is 14.4 Å². The topological polar surface area (TPSA) is 77.9 Å². The molecule has 7 rings (SSSR count). The van der Waals surface area contributed by atoms with Crippen molar-refractivity contribution in [3.63, 3.8) is 0 Å². The molecule has 2 amide bonds. The molecule has 2 spiro atoms. The predicted molar refractivity (Wildman–Crippen MR) is 199 cm³/mol. The van der Waals surface area contributed by atoms with Gasteiger partial charge >= 0.3 is 0 Å². The summed E-state index contributed by atoms with van der Waals surface area (Å²) in [5, 5.41) is 14.6. The SMILES string of the molecule is CCCCN1C(=O)[C@@]2(C[C@@](O)(c3ccc(C)cc3)[C@@]3(C(=O)N(CCCC)c4ccc(Cl)cc43)[C@H]2C(=O)c2ccc(C)cc2)c2cc(Cl)ccc21. The number of carbonyl (C=O) groups is 3. The number of carbonyl (C=O) groups excluding carboxylic acids is 3. The molecule has 0 saturated heterocycles. The first-order valence-corrected chi connectivity index (χ1v) is 18.4. The lowest BCUT2D eigenvalue weighted by atomic mass is 9.58. The number of hydrogen-bond acceptors (Lipinski definition) is 4. The molecule has 1 N–H and O–H groups in total. The number of hydrogen-bond donors (Lipinski definition) is 1. The third-order valence-electron chi connectivity index (χ3n) is 11.3. The van der Waals surface area contributed by atoms with E-state index in [9.17, 15) is 5.11 Å². The smallest absolute Gasteiger partial charge is 0.241 e. The molecule has 6 nitrogen and oxygen atoms in total. The molecule has 0 unspecified atom stereocenters. The van der Waals surface area contributed by atoms with E-state index in [-0.39, 0.29) is 18.1 Å².